The summed E-state index contributed by atoms with van der Waals surface area (Å²) in [4.78, 5) is 24.3. The van der Waals surface area contributed by atoms with E-state index in [1.54, 1.807) is 12.1 Å². The zero-order chi connectivity index (χ0) is 15.6. The van der Waals surface area contributed by atoms with E-state index in [-0.39, 0.29) is 5.91 Å². The Bertz CT molecular complexity index is 809. The van der Waals surface area contributed by atoms with Gasteiger partial charge in [0.1, 0.15) is 11.5 Å². The fourth-order valence-corrected chi connectivity index (χ4v) is 3.00. The third-order valence-corrected chi connectivity index (χ3v) is 4.23. The molecule has 3 aromatic heterocycles. The number of pyridine rings is 1. The highest BCUT2D eigenvalue weighted by molar-refractivity contribution is 5.91. The van der Waals surface area contributed by atoms with E-state index in [9.17, 15) is 4.79 Å². The molecular formula is C17H18N4O2. The van der Waals surface area contributed by atoms with Gasteiger partial charge in [-0.2, -0.15) is 0 Å². The van der Waals surface area contributed by atoms with Crippen molar-refractivity contribution in [3.05, 3.63) is 48.6 Å². The van der Waals surface area contributed by atoms with Crippen LogP contribution in [-0.4, -0.2) is 47.0 Å². The molecule has 1 fully saturated rings. The Morgan fingerprint density at radius 2 is 2.09 bits per heavy atom. The van der Waals surface area contributed by atoms with E-state index >= 15 is 0 Å². The number of hydrogen-bond donors (Lipinski definition) is 1. The van der Waals surface area contributed by atoms with Crippen LogP contribution in [0.5, 0.6) is 0 Å². The predicted octanol–water partition coefficient (Wildman–Crippen LogP) is 2.51. The number of carbonyl (C=O) groups is 1. The lowest BCUT2D eigenvalue weighted by Crippen LogP contribution is -2.35. The second kappa shape index (κ2) is 5.79. The molecule has 0 radical (unpaired) electrons. The lowest BCUT2D eigenvalue weighted by molar-refractivity contribution is 0.0735. The number of amides is 1. The molecule has 1 aliphatic heterocycles. The Morgan fingerprint density at radius 3 is 2.96 bits per heavy atom. The summed E-state index contributed by atoms with van der Waals surface area (Å²) in [6.45, 7) is 3.07. The van der Waals surface area contributed by atoms with Crippen molar-refractivity contribution in [2.24, 2.45) is 0 Å². The first kappa shape index (κ1) is 13.9. The minimum Gasteiger partial charge on any atom is -0.459 e. The number of carbonyl (C=O) groups excluding carboxylic acids is 1. The summed E-state index contributed by atoms with van der Waals surface area (Å²) in [7, 11) is 0. The van der Waals surface area contributed by atoms with Crippen LogP contribution in [0.3, 0.4) is 0 Å². The molecule has 4 heterocycles. The summed E-state index contributed by atoms with van der Waals surface area (Å²) in [5.74, 6) is 1.32. The van der Waals surface area contributed by atoms with Crippen LogP contribution in [0.4, 0.5) is 5.82 Å². The molecule has 6 nitrogen and oxygen atoms in total. The standard InChI is InChI=1S/C17H18N4O2/c22-17(14-3-1-12-23-14)21-9-2-8-20(10-11-21)15-5-4-13-6-7-18-16(13)19-15/h1,3-7,12H,2,8-11H2,(H,18,19). The van der Waals surface area contributed by atoms with Crippen LogP contribution in [0, 0.1) is 0 Å². The van der Waals surface area contributed by atoms with E-state index < -0.39 is 0 Å². The van der Waals surface area contributed by atoms with Gasteiger partial charge in [0.05, 0.1) is 6.26 Å². The normalized spacial score (nSPS) is 15.8. The van der Waals surface area contributed by atoms with Gasteiger partial charge < -0.3 is 19.2 Å². The van der Waals surface area contributed by atoms with E-state index in [1.807, 2.05) is 23.2 Å². The summed E-state index contributed by atoms with van der Waals surface area (Å²) in [6, 6.07) is 9.59. The molecule has 0 unspecified atom stereocenters. The SMILES string of the molecule is O=C(c1ccco1)N1CCCN(c2ccc3cc[nH]c3n2)CC1. The van der Waals surface area contributed by atoms with Crippen molar-refractivity contribution < 1.29 is 9.21 Å². The first-order chi connectivity index (χ1) is 11.3. The lowest BCUT2D eigenvalue weighted by atomic mass is 10.3. The molecule has 0 aliphatic carbocycles. The van der Waals surface area contributed by atoms with Crippen LogP contribution in [0.25, 0.3) is 11.0 Å². The second-order valence-corrected chi connectivity index (χ2v) is 5.70. The molecule has 118 valence electrons. The van der Waals surface area contributed by atoms with E-state index in [1.165, 1.54) is 6.26 Å². The first-order valence-electron chi connectivity index (χ1n) is 7.83. The molecule has 0 bridgehead atoms. The molecule has 1 amide bonds. The van der Waals surface area contributed by atoms with E-state index in [2.05, 4.69) is 20.9 Å². The maximum absolute atomic E-state index is 12.4. The minimum atomic E-state index is -0.0374. The summed E-state index contributed by atoms with van der Waals surface area (Å²) >= 11 is 0. The molecule has 3 aromatic rings. The van der Waals surface area contributed by atoms with Crippen LogP contribution >= 0.6 is 0 Å². The Kier molecular flexibility index (Phi) is 3.49. The smallest absolute Gasteiger partial charge is 0.289 e. The summed E-state index contributed by atoms with van der Waals surface area (Å²) in [5, 5.41) is 1.11. The molecule has 0 atom stereocenters. The molecule has 23 heavy (non-hydrogen) atoms. The molecule has 0 aromatic carbocycles. The van der Waals surface area contributed by atoms with Crippen LogP contribution in [0.2, 0.25) is 0 Å². The van der Waals surface area contributed by atoms with Crippen LogP contribution in [0.1, 0.15) is 17.0 Å². The first-order valence-corrected chi connectivity index (χ1v) is 7.83. The molecule has 0 spiro atoms. The number of nitrogens with zero attached hydrogens (tertiary/aromatic N) is 3. The number of furan rings is 1. The van der Waals surface area contributed by atoms with E-state index in [0.29, 0.717) is 12.3 Å². The molecule has 6 heteroatoms. The van der Waals surface area contributed by atoms with Gasteiger partial charge in [-0.25, -0.2) is 4.98 Å². The zero-order valence-electron chi connectivity index (χ0n) is 12.7. The van der Waals surface area contributed by atoms with Crippen LogP contribution in [0.15, 0.2) is 47.2 Å². The summed E-state index contributed by atoms with van der Waals surface area (Å²) in [5.41, 5.74) is 0.898. The van der Waals surface area contributed by atoms with Gasteiger partial charge in [0.25, 0.3) is 5.91 Å². The number of aromatic nitrogens is 2. The summed E-state index contributed by atoms with van der Waals surface area (Å²) in [6.07, 6.45) is 4.34. The van der Waals surface area contributed by atoms with Crippen molar-refractivity contribution >= 4 is 22.8 Å². The minimum absolute atomic E-state index is 0.0374. The van der Waals surface area contributed by atoms with Crippen molar-refractivity contribution in [3.8, 4) is 0 Å². The highest BCUT2D eigenvalue weighted by atomic mass is 16.3. The lowest BCUT2D eigenvalue weighted by Gasteiger charge is -2.22. The highest BCUT2D eigenvalue weighted by Gasteiger charge is 2.22. The average Bonchev–Trinajstić information content (AvgIpc) is 3.20. The van der Waals surface area contributed by atoms with Gasteiger partial charge in [0, 0.05) is 37.8 Å². The van der Waals surface area contributed by atoms with Gasteiger partial charge in [-0.15, -0.1) is 0 Å². The number of nitrogens with one attached hydrogen (secondary N) is 1. The third-order valence-electron chi connectivity index (χ3n) is 4.23. The van der Waals surface area contributed by atoms with Crippen LogP contribution < -0.4 is 4.90 Å². The second-order valence-electron chi connectivity index (χ2n) is 5.70. The van der Waals surface area contributed by atoms with Crippen molar-refractivity contribution in [1.82, 2.24) is 14.9 Å². The fourth-order valence-electron chi connectivity index (χ4n) is 3.00. The van der Waals surface area contributed by atoms with Crippen molar-refractivity contribution in [1.29, 1.82) is 0 Å². The highest BCUT2D eigenvalue weighted by Crippen LogP contribution is 2.19. The van der Waals surface area contributed by atoms with Gasteiger partial charge in [0.15, 0.2) is 5.76 Å². The molecule has 0 saturated carbocycles. The molecule has 1 N–H and O–H groups in total. The van der Waals surface area contributed by atoms with Crippen LogP contribution in [-0.2, 0) is 0 Å². The number of fused-ring (bicyclic) bond motifs is 1. The topological polar surface area (TPSA) is 65.4 Å². The molecule has 4 rings (SSSR count). The summed E-state index contributed by atoms with van der Waals surface area (Å²) < 4.78 is 5.22. The van der Waals surface area contributed by atoms with Gasteiger partial charge in [0.2, 0.25) is 0 Å². The maximum atomic E-state index is 12.4. The third kappa shape index (κ3) is 2.67. The Morgan fingerprint density at radius 1 is 1.13 bits per heavy atom. The Hall–Kier alpha value is -2.76. The number of hydrogen-bond acceptors (Lipinski definition) is 4. The fraction of sp³-hybridized carbons (Fsp3) is 0.294. The predicted molar refractivity (Wildman–Crippen MR) is 87.5 cm³/mol. The monoisotopic (exact) mass is 310 g/mol. The largest absolute Gasteiger partial charge is 0.459 e. The van der Waals surface area contributed by atoms with E-state index in [4.69, 9.17) is 4.42 Å². The number of rotatable bonds is 2. The maximum Gasteiger partial charge on any atom is 0.289 e. The average molecular weight is 310 g/mol. The molecule has 1 aliphatic rings. The number of aromatic amines is 1. The van der Waals surface area contributed by atoms with E-state index in [0.717, 1.165) is 42.9 Å². The molecule has 1 saturated heterocycles. The van der Waals surface area contributed by atoms with Gasteiger partial charge >= 0.3 is 0 Å². The van der Waals surface area contributed by atoms with Gasteiger partial charge in [-0.3, -0.25) is 4.79 Å². The quantitative estimate of drug-likeness (QED) is 0.790. The van der Waals surface area contributed by atoms with Gasteiger partial charge in [-0.05, 0) is 36.8 Å². The number of H-pyrrole nitrogens is 1. The van der Waals surface area contributed by atoms with Crippen molar-refractivity contribution in [3.63, 3.8) is 0 Å². The zero-order valence-corrected chi connectivity index (χ0v) is 12.7. The Balaban J connectivity index is 1.49. The van der Waals surface area contributed by atoms with Crippen molar-refractivity contribution in [2.75, 3.05) is 31.1 Å². The van der Waals surface area contributed by atoms with Crippen molar-refractivity contribution in [2.45, 2.75) is 6.42 Å². The van der Waals surface area contributed by atoms with Gasteiger partial charge in [-0.1, -0.05) is 0 Å². The molecular weight excluding hydrogens is 292 g/mol. The Labute approximate surface area is 133 Å². The number of anilines is 1.